The van der Waals surface area contributed by atoms with Crippen LogP contribution in [-0.4, -0.2) is 20.9 Å². The molecule has 3 aromatic rings. The highest BCUT2D eigenvalue weighted by Crippen LogP contribution is 2.24. The molecule has 0 aliphatic rings. The molecule has 0 saturated heterocycles. The third-order valence-corrected chi connectivity index (χ3v) is 6.44. The molecule has 0 unspecified atom stereocenters. The summed E-state index contributed by atoms with van der Waals surface area (Å²) in [6.45, 7) is 1.81. The van der Waals surface area contributed by atoms with Gasteiger partial charge in [0.1, 0.15) is 12.4 Å². The second-order valence-corrected chi connectivity index (χ2v) is 8.61. The molecule has 0 heterocycles. The third-order valence-electron chi connectivity index (χ3n) is 4.65. The molecule has 3 aromatic carbocycles. The summed E-state index contributed by atoms with van der Waals surface area (Å²) in [5, 5.41) is 2.70. The lowest BCUT2D eigenvalue weighted by molar-refractivity contribution is -0.119. The minimum Gasteiger partial charge on any atom is -0.350 e. The van der Waals surface area contributed by atoms with E-state index in [0.29, 0.717) is 5.69 Å². The van der Waals surface area contributed by atoms with Crippen LogP contribution in [0.3, 0.4) is 0 Å². The van der Waals surface area contributed by atoms with Crippen LogP contribution in [0.2, 0.25) is 0 Å². The van der Waals surface area contributed by atoms with Gasteiger partial charge >= 0.3 is 0 Å². The topological polar surface area (TPSA) is 66.5 Å². The maximum atomic E-state index is 13.2. The quantitative estimate of drug-likeness (QED) is 0.594. The average Bonchev–Trinajstić information content (AvgIpc) is 2.77. The predicted molar refractivity (Wildman–Crippen MR) is 115 cm³/mol. The van der Waals surface area contributed by atoms with Crippen molar-refractivity contribution < 1.29 is 17.6 Å². The van der Waals surface area contributed by atoms with Crippen molar-refractivity contribution in [2.45, 2.75) is 24.8 Å². The molecule has 0 saturated carbocycles. The number of anilines is 1. The van der Waals surface area contributed by atoms with E-state index in [0.717, 1.165) is 21.9 Å². The number of sulfonamides is 1. The van der Waals surface area contributed by atoms with Gasteiger partial charge in [-0.05, 0) is 53.9 Å². The molecule has 1 amide bonds. The largest absolute Gasteiger partial charge is 0.350 e. The molecule has 0 radical (unpaired) electrons. The fourth-order valence-electron chi connectivity index (χ4n) is 2.92. The van der Waals surface area contributed by atoms with Crippen molar-refractivity contribution >= 4 is 21.6 Å². The number of amides is 1. The SMILES string of the molecule is CCc1ccc(N(CC(=O)NCc2ccc(F)cc2)S(=O)(=O)c2ccccc2)cc1. The van der Waals surface area contributed by atoms with Crippen molar-refractivity contribution in [1.82, 2.24) is 5.32 Å². The zero-order valence-electron chi connectivity index (χ0n) is 16.6. The highest BCUT2D eigenvalue weighted by atomic mass is 32.2. The first-order valence-electron chi connectivity index (χ1n) is 9.58. The molecule has 7 heteroatoms. The van der Waals surface area contributed by atoms with Crippen molar-refractivity contribution in [3.8, 4) is 0 Å². The van der Waals surface area contributed by atoms with Crippen molar-refractivity contribution in [2.75, 3.05) is 10.8 Å². The molecule has 0 fully saturated rings. The number of halogens is 1. The highest BCUT2D eigenvalue weighted by molar-refractivity contribution is 7.92. The molecule has 0 spiro atoms. The second kappa shape index (κ2) is 9.54. The summed E-state index contributed by atoms with van der Waals surface area (Å²) >= 11 is 0. The number of nitrogens with one attached hydrogen (secondary N) is 1. The van der Waals surface area contributed by atoms with E-state index in [9.17, 15) is 17.6 Å². The maximum absolute atomic E-state index is 13.2. The molecule has 0 bridgehead atoms. The number of hydrogen-bond acceptors (Lipinski definition) is 3. The molecule has 30 heavy (non-hydrogen) atoms. The van der Waals surface area contributed by atoms with Crippen LogP contribution in [0.5, 0.6) is 0 Å². The van der Waals surface area contributed by atoms with Crippen LogP contribution in [0.25, 0.3) is 0 Å². The van der Waals surface area contributed by atoms with Gasteiger partial charge in [-0.3, -0.25) is 9.10 Å². The summed E-state index contributed by atoms with van der Waals surface area (Å²) in [6.07, 6.45) is 0.823. The normalized spacial score (nSPS) is 11.1. The molecule has 0 aliphatic heterocycles. The monoisotopic (exact) mass is 426 g/mol. The van der Waals surface area contributed by atoms with Crippen LogP contribution in [0.1, 0.15) is 18.1 Å². The van der Waals surface area contributed by atoms with Crippen LogP contribution in [0.15, 0.2) is 83.8 Å². The van der Waals surface area contributed by atoms with Gasteiger partial charge in [-0.15, -0.1) is 0 Å². The summed E-state index contributed by atoms with van der Waals surface area (Å²) in [5.41, 5.74) is 2.19. The van der Waals surface area contributed by atoms with E-state index in [1.807, 2.05) is 19.1 Å². The lowest BCUT2D eigenvalue weighted by Gasteiger charge is -2.24. The number of nitrogens with zero attached hydrogens (tertiary/aromatic N) is 1. The Bertz CT molecular complexity index is 1080. The third kappa shape index (κ3) is 5.24. The van der Waals surface area contributed by atoms with Gasteiger partial charge in [0.2, 0.25) is 5.91 Å². The summed E-state index contributed by atoms with van der Waals surface area (Å²) in [7, 11) is -3.93. The van der Waals surface area contributed by atoms with E-state index in [-0.39, 0.29) is 23.8 Å². The second-order valence-electron chi connectivity index (χ2n) is 6.75. The molecule has 0 aliphatic carbocycles. The van der Waals surface area contributed by atoms with E-state index < -0.39 is 15.9 Å². The number of carbonyl (C=O) groups excluding carboxylic acids is 1. The van der Waals surface area contributed by atoms with E-state index in [2.05, 4.69) is 5.32 Å². The Hall–Kier alpha value is -3.19. The number of aryl methyl sites for hydroxylation is 1. The molecule has 1 N–H and O–H groups in total. The van der Waals surface area contributed by atoms with Crippen LogP contribution in [-0.2, 0) is 27.8 Å². The number of hydrogen-bond donors (Lipinski definition) is 1. The highest BCUT2D eigenvalue weighted by Gasteiger charge is 2.27. The lowest BCUT2D eigenvalue weighted by Crippen LogP contribution is -2.40. The van der Waals surface area contributed by atoms with Gasteiger partial charge in [-0.1, -0.05) is 49.4 Å². The summed E-state index contributed by atoms with van der Waals surface area (Å²) in [4.78, 5) is 12.7. The number of benzene rings is 3. The maximum Gasteiger partial charge on any atom is 0.264 e. The van der Waals surface area contributed by atoms with Gasteiger partial charge in [0.25, 0.3) is 10.0 Å². The van der Waals surface area contributed by atoms with Gasteiger partial charge in [-0.2, -0.15) is 0 Å². The van der Waals surface area contributed by atoms with Gasteiger partial charge in [0, 0.05) is 6.54 Å². The molecular formula is C23H23FN2O3S. The van der Waals surface area contributed by atoms with Crippen LogP contribution in [0.4, 0.5) is 10.1 Å². The molecule has 5 nitrogen and oxygen atoms in total. The van der Waals surface area contributed by atoms with E-state index in [1.54, 1.807) is 42.5 Å². The smallest absolute Gasteiger partial charge is 0.264 e. The average molecular weight is 427 g/mol. The Morgan fingerprint density at radius 2 is 1.50 bits per heavy atom. The van der Waals surface area contributed by atoms with Gasteiger partial charge in [0.05, 0.1) is 10.6 Å². The minimum absolute atomic E-state index is 0.107. The number of carbonyl (C=O) groups is 1. The van der Waals surface area contributed by atoms with E-state index in [1.165, 1.54) is 24.3 Å². The first kappa shape index (κ1) is 21.5. The Morgan fingerprint density at radius 3 is 2.10 bits per heavy atom. The fraction of sp³-hybridized carbons (Fsp3) is 0.174. The molecule has 0 aromatic heterocycles. The van der Waals surface area contributed by atoms with Crippen molar-refractivity contribution in [1.29, 1.82) is 0 Å². The van der Waals surface area contributed by atoms with Crippen molar-refractivity contribution in [3.05, 3.63) is 95.8 Å². The van der Waals surface area contributed by atoms with Crippen LogP contribution < -0.4 is 9.62 Å². The first-order valence-corrected chi connectivity index (χ1v) is 11.0. The summed E-state index contributed by atoms with van der Waals surface area (Å²) < 4.78 is 40.6. The Labute approximate surface area is 176 Å². The van der Waals surface area contributed by atoms with Gasteiger partial charge in [0.15, 0.2) is 0 Å². The molecule has 156 valence electrons. The van der Waals surface area contributed by atoms with Crippen LogP contribution >= 0.6 is 0 Å². The van der Waals surface area contributed by atoms with Crippen LogP contribution in [0, 0.1) is 5.82 Å². The minimum atomic E-state index is -3.93. The van der Waals surface area contributed by atoms with Crippen molar-refractivity contribution in [3.63, 3.8) is 0 Å². The van der Waals surface area contributed by atoms with Gasteiger partial charge in [-0.25, -0.2) is 12.8 Å². The van der Waals surface area contributed by atoms with Crippen molar-refractivity contribution in [2.24, 2.45) is 0 Å². The molecular weight excluding hydrogens is 403 g/mol. The fourth-order valence-corrected chi connectivity index (χ4v) is 4.36. The standard InChI is InChI=1S/C23H23FN2O3S/c1-2-18-10-14-21(15-11-18)26(30(28,29)22-6-4-3-5-7-22)17-23(27)25-16-19-8-12-20(24)13-9-19/h3-15H,2,16-17H2,1H3,(H,25,27). The molecule has 3 rings (SSSR count). The van der Waals surface area contributed by atoms with E-state index >= 15 is 0 Å². The number of rotatable bonds is 8. The Kier molecular flexibility index (Phi) is 6.84. The van der Waals surface area contributed by atoms with E-state index in [4.69, 9.17) is 0 Å². The zero-order valence-corrected chi connectivity index (χ0v) is 17.4. The lowest BCUT2D eigenvalue weighted by atomic mass is 10.1. The Balaban J connectivity index is 1.83. The van der Waals surface area contributed by atoms with Gasteiger partial charge < -0.3 is 5.32 Å². The summed E-state index contributed by atoms with van der Waals surface area (Å²) in [5.74, 6) is -0.820. The molecule has 0 atom stereocenters. The Morgan fingerprint density at radius 1 is 0.900 bits per heavy atom. The zero-order chi connectivity index (χ0) is 21.6. The predicted octanol–water partition coefficient (Wildman–Crippen LogP) is 3.90. The first-order chi connectivity index (χ1) is 14.4. The summed E-state index contributed by atoms with van der Waals surface area (Å²) in [6, 6.07) is 20.9.